The third-order valence-electron chi connectivity index (χ3n) is 3.21. The van der Waals surface area contributed by atoms with Gasteiger partial charge in [0.15, 0.2) is 5.65 Å². The second-order valence-electron chi connectivity index (χ2n) is 4.41. The van der Waals surface area contributed by atoms with E-state index in [-0.39, 0.29) is 5.56 Å². The maximum atomic E-state index is 11.3. The topological polar surface area (TPSA) is 66.3 Å². The highest BCUT2D eigenvalue weighted by atomic mass is 16.4. The minimum atomic E-state index is -0.935. The van der Waals surface area contributed by atoms with Crippen LogP contribution in [0.3, 0.4) is 0 Å². The number of aromatic carboxylic acids is 1. The van der Waals surface area contributed by atoms with Gasteiger partial charge >= 0.3 is 5.97 Å². The molecule has 92 valence electrons. The van der Waals surface area contributed by atoms with E-state index in [9.17, 15) is 9.90 Å². The first kappa shape index (κ1) is 11.0. The number of anilines is 1. The Balaban J connectivity index is 2.20. The van der Waals surface area contributed by atoms with Crippen LogP contribution in [-0.2, 0) is 0 Å². The van der Waals surface area contributed by atoms with E-state index in [1.165, 1.54) is 0 Å². The predicted molar refractivity (Wildman–Crippen MR) is 67.9 cm³/mol. The van der Waals surface area contributed by atoms with Gasteiger partial charge in [-0.3, -0.25) is 0 Å². The molecule has 3 rings (SSSR count). The molecule has 5 nitrogen and oxygen atoms in total. The molecule has 1 saturated heterocycles. The number of carboxylic acid groups (broad SMARTS) is 1. The summed E-state index contributed by atoms with van der Waals surface area (Å²) in [5, 5.41) is 10.1. The number of nitrogens with zero attached hydrogens (tertiary/aromatic N) is 3. The number of carbonyl (C=O) groups is 1. The van der Waals surface area contributed by atoms with Crippen molar-refractivity contribution in [3.63, 3.8) is 0 Å². The molecule has 1 N–H and O–H groups in total. The molecule has 2 aromatic heterocycles. The second kappa shape index (κ2) is 4.25. The molecule has 0 radical (unpaired) electrons. The Hall–Kier alpha value is -2.17. The van der Waals surface area contributed by atoms with E-state index in [2.05, 4.69) is 9.97 Å². The van der Waals surface area contributed by atoms with Crippen molar-refractivity contribution >= 4 is 22.8 Å². The number of hydrogen-bond acceptors (Lipinski definition) is 4. The van der Waals surface area contributed by atoms with Crippen LogP contribution in [0.5, 0.6) is 0 Å². The fraction of sp³-hybridized carbons (Fsp3) is 0.308. The zero-order valence-corrected chi connectivity index (χ0v) is 9.83. The van der Waals surface area contributed by atoms with Crippen molar-refractivity contribution in [2.24, 2.45) is 0 Å². The Morgan fingerprint density at radius 3 is 2.83 bits per heavy atom. The van der Waals surface area contributed by atoms with E-state index in [0.29, 0.717) is 11.5 Å². The molecule has 1 aliphatic rings. The monoisotopic (exact) mass is 243 g/mol. The van der Waals surface area contributed by atoms with Crippen molar-refractivity contribution in [1.29, 1.82) is 0 Å². The molecule has 0 spiro atoms. The minimum absolute atomic E-state index is 0.261. The molecule has 0 unspecified atom stereocenters. The van der Waals surface area contributed by atoms with Crippen LogP contribution in [0.1, 0.15) is 23.2 Å². The first-order chi connectivity index (χ1) is 8.75. The van der Waals surface area contributed by atoms with Crippen LogP contribution in [0.4, 0.5) is 5.82 Å². The summed E-state index contributed by atoms with van der Waals surface area (Å²) in [4.78, 5) is 22.0. The van der Waals surface area contributed by atoms with Gasteiger partial charge in [-0.25, -0.2) is 14.8 Å². The second-order valence-corrected chi connectivity index (χ2v) is 4.41. The van der Waals surface area contributed by atoms with Gasteiger partial charge in [-0.1, -0.05) is 0 Å². The summed E-state index contributed by atoms with van der Waals surface area (Å²) in [6.45, 7) is 1.73. The van der Waals surface area contributed by atoms with Gasteiger partial charge in [0.25, 0.3) is 0 Å². The fourth-order valence-corrected chi connectivity index (χ4v) is 2.32. The third kappa shape index (κ3) is 1.77. The van der Waals surface area contributed by atoms with Gasteiger partial charge in [-0.15, -0.1) is 0 Å². The van der Waals surface area contributed by atoms with Crippen LogP contribution in [0.25, 0.3) is 11.0 Å². The molecule has 0 saturated carbocycles. The van der Waals surface area contributed by atoms with Gasteiger partial charge in [0, 0.05) is 24.7 Å². The maximum Gasteiger partial charge on any atom is 0.339 e. The first-order valence-corrected chi connectivity index (χ1v) is 6.00. The number of pyridine rings is 2. The van der Waals surface area contributed by atoms with Crippen molar-refractivity contribution in [3.05, 3.63) is 30.0 Å². The summed E-state index contributed by atoms with van der Waals surface area (Å²) in [5.41, 5.74) is 0.863. The van der Waals surface area contributed by atoms with E-state index < -0.39 is 5.97 Å². The first-order valence-electron chi connectivity index (χ1n) is 6.00. The molecule has 5 heteroatoms. The lowest BCUT2D eigenvalue weighted by Crippen LogP contribution is -2.22. The summed E-state index contributed by atoms with van der Waals surface area (Å²) >= 11 is 0. The molecular weight excluding hydrogens is 230 g/mol. The Morgan fingerprint density at radius 1 is 1.33 bits per heavy atom. The van der Waals surface area contributed by atoms with Crippen molar-refractivity contribution in [2.75, 3.05) is 18.0 Å². The van der Waals surface area contributed by atoms with Crippen molar-refractivity contribution in [3.8, 4) is 0 Å². The number of rotatable bonds is 2. The van der Waals surface area contributed by atoms with E-state index >= 15 is 0 Å². The average molecular weight is 243 g/mol. The summed E-state index contributed by atoms with van der Waals surface area (Å²) in [6, 6.07) is 5.27. The largest absolute Gasteiger partial charge is 0.478 e. The number of aromatic nitrogens is 2. The molecule has 3 heterocycles. The minimum Gasteiger partial charge on any atom is -0.478 e. The zero-order valence-electron chi connectivity index (χ0n) is 9.83. The third-order valence-corrected chi connectivity index (χ3v) is 3.21. The number of hydrogen-bond donors (Lipinski definition) is 1. The van der Waals surface area contributed by atoms with E-state index in [4.69, 9.17) is 0 Å². The SMILES string of the molecule is O=C(O)c1cc2cccnc2nc1N1CCCC1. The standard InChI is InChI=1S/C13H13N3O2/c17-13(18)10-8-9-4-3-5-14-11(9)15-12(10)16-6-1-2-7-16/h3-5,8H,1-2,6-7H2,(H,17,18). The van der Waals surface area contributed by atoms with Crippen LogP contribution < -0.4 is 4.90 Å². The fourth-order valence-electron chi connectivity index (χ4n) is 2.32. The quantitative estimate of drug-likeness (QED) is 0.873. The smallest absolute Gasteiger partial charge is 0.339 e. The van der Waals surface area contributed by atoms with Gasteiger partial charge < -0.3 is 10.0 Å². The van der Waals surface area contributed by atoms with Gasteiger partial charge in [0.2, 0.25) is 0 Å². The molecule has 0 bridgehead atoms. The van der Waals surface area contributed by atoms with Crippen molar-refractivity contribution < 1.29 is 9.90 Å². The summed E-state index contributed by atoms with van der Waals surface area (Å²) in [6.07, 6.45) is 3.84. The molecule has 2 aromatic rings. The molecule has 18 heavy (non-hydrogen) atoms. The van der Waals surface area contributed by atoms with E-state index in [0.717, 1.165) is 31.3 Å². The predicted octanol–water partition coefficient (Wildman–Crippen LogP) is 1.93. The Morgan fingerprint density at radius 2 is 2.11 bits per heavy atom. The lowest BCUT2D eigenvalue weighted by Gasteiger charge is -2.18. The Kier molecular flexibility index (Phi) is 2.59. The summed E-state index contributed by atoms with van der Waals surface area (Å²) in [7, 11) is 0. The van der Waals surface area contributed by atoms with Gasteiger partial charge in [0.1, 0.15) is 11.4 Å². The van der Waals surface area contributed by atoms with Crippen LogP contribution >= 0.6 is 0 Å². The highest BCUT2D eigenvalue weighted by molar-refractivity contribution is 5.97. The molecular formula is C13H13N3O2. The van der Waals surface area contributed by atoms with Crippen LogP contribution in [-0.4, -0.2) is 34.1 Å². The molecule has 0 amide bonds. The Labute approximate surface area is 104 Å². The average Bonchev–Trinajstić information content (AvgIpc) is 2.91. The lowest BCUT2D eigenvalue weighted by atomic mass is 10.2. The lowest BCUT2D eigenvalue weighted by molar-refractivity contribution is 0.0697. The van der Waals surface area contributed by atoms with Gasteiger partial charge in [-0.2, -0.15) is 0 Å². The molecule has 0 aromatic carbocycles. The molecule has 1 aliphatic heterocycles. The van der Waals surface area contributed by atoms with Crippen LogP contribution in [0.15, 0.2) is 24.4 Å². The zero-order chi connectivity index (χ0) is 12.5. The highest BCUT2D eigenvalue weighted by Gasteiger charge is 2.21. The van der Waals surface area contributed by atoms with Crippen LogP contribution in [0.2, 0.25) is 0 Å². The normalized spacial score (nSPS) is 15.2. The maximum absolute atomic E-state index is 11.3. The number of carboxylic acids is 1. The summed E-state index contributed by atoms with van der Waals surface area (Å²) in [5.74, 6) is -0.388. The molecule has 0 aliphatic carbocycles. The molecule has 0 atom stereocenters. The van der Waals surface area contributed by atoms with Crippen molar-refractivity contribution in [1.82, 2.24) is 9.97 Å². The summed E-state index contributed by atoms with van der Waals surface area (Å²) < 4.78 is 0. The molecule has 1 fully saturated rings. The van der Waals surface area contributed by atoms with Crippen molar-refractivity contribution in [2.45, 2.75) is 12.8 Å². The highest BCUT2D eigenvalue weighted by Crippen LogP contribution is 2.25. The van der Waals surface area contributed by atoms with E-state index in [1.807, 2.05) is 11.0 Å². The van der Waals surface area contributed by atoms with Gasteiger partial charge in [0.05, 0.1) is 0 Å². The van der Waals surface area contributed by atoms with E-state index in [1.54, 1.807) is 18.3 Å². The number of fused-ring (bicyclic) bond motifs is 1. The Bertz CT molecular complexity index is 606. The van der Waals surface area contributed by atoms with Crippen LogP contribution in [0, 0.1) is 0 Å². The van der Waals surface area contributed by atoms with Gasteiger partial charge in [-0.05, 0) is 31.0 Å².